The van der Waals surface area contributed by atoms with Gasteiger partial charge in [0, 0.05) is 32.1 Å². The summed E-state index contributed by atoms with van der Waals surface area (Å²) in [6.45, 7) is 3.74. The lowest BCUT2D eigenvalue weighted by Gasteiger charge is -2.49. The summed E-state index contributed by atoms with van der Waals surface area (Å²) in [4.78, 5) is 83.4. The third-order valence-corrected chi connectivity index (χ3v) is 11.1. The summed E-state index contributed by atoms with van der Waals surface area (Å²) in [5, 5.41) is 34.8. The highest BCUT2D eigenvalue weighted by atomic mass is 16.6. The van der Waals surface area contributed by atoms with E-state index in [9.17, 15) is 44.5 Å². The van der Waals surface area contributed by atoms with Gasteiger partial charge in [-0.05, 0) is 62.4 Å². The van der Waals surface area contributed by atoms with Crippen LogP contribution in [-0.4, -0.2) is 59.3 Å². The fourth-order valence-corrected chi connectivity index (χ4v) is 8.91. The minimum Gasteiger partial charge on any atom is -0.504 e. The van der Waals surface area contributed by atoms with Gasteiger partial charge in [-0.15, -0.1) is 0 Å². The van der Waals surface area contributed by atoms with Gasteiger partial charge in [-0.2, -0.15) is 0 Å². The van der Waals surface area contributed by atoms with Gasteiger partial charge in [0.1, 0.15) is 0 Å². The number of carbonyl (C=O) groups excluding carboxylic acids is 4. The first kappa shape index (κ1) is 34.3. The van der Waals surface area contributed by atoms with Gasteiger partial charge < -0.3 is 14.7 Å². The van der Waals surface area contributed by atoms with Crippen molar-refractivity contribution in [2.45, 2.75) is 32.6 Å². The molecule has 0 aromatic heterocycles. The SMILES string of the molecule is CCOc1cc([C@H]2C3=CC[C@@H]4C(=O)N(c5cc([N+](=O)[O-])c(N(C)C)c([N+](=O)[O-])c5)C(=O)[C@@H]4[C@@H]3C[C@H]3C(=O)N(c4ccccc4)C(=O)[C@@]23C)ccc1O. The van der Waals surface area contributed by atoms with Gasteiger partial charge in [-0.25, -0.2) is 9.80 Å². The second-order valence-corrected chi connectivity index (χ2v) is 13.9. The zero-order chi connectivity index (χ0) is 37.4. The number of imide groups is 2. The number of amides is 4. The molecule has 2 aliphatic carbocycles. The summed E-state index contributed by atoms with van der Waals surface area (Å²) in [5.41, 5.74) is -1.58. The molecular formula is C37H35N5O10. The van der Waals surface area contributed by atoms with Gasteiger partial charge in [0.25, 0.3) is 0 Å². The fourth-order valence-electron chi connectivity index (χ4n) is 8.91. The smallest absolute Gasteiger partial charge is 0.301 e. The van der Waals surface area contributed by atoms with Crippen molar-refractivity contribution >= 4 is 52.1 Å². The molecule has 2 saturated heterocycles. The lowest BCUT2D eigenvalue weighted by atomic mass is 9.51. The highest BCUT2D eigenvalue weighted by molar-refractivity contribution is 6.25. The minimum absolute atomic E-state index is 0.0526. The van der Waals surface area contributed by atoms with Crippen LogP contribution >= 0.6 is 0 Å². The van der Waals surface area contributed by atoms with Gasteiger partial charge >= 0.3 is 11.4 Å². The number of benzene rings is 3. The van der Waals surface area contributed by atoms with Gasteiger partial charge in [-0.3, -0.25) is 39.4 Å². The summed E-state index contributed by atoms with van der Waals surface area (Å²) in [7, 11) is 2.82. The number of aromatic hydroxyl groups is 1. The molecule has 52 heavy (non-hydrogen) atoms. The van der Waals surface area contributed by atoms with E-state index in [2.05, 4.69) is 0 Å². The number of nitrogens with zero attached hydrogens (tertiary/aromatic N) is 5. The zero-order valence-electron chi connectivity index (χ0n) is 28.7. The normalized spacial score (nSPS) is 26.5. The molecule has 3 aromatic carbocycles. The van der Waals surface area contributed by atoms with Crippen LogP contribution in [0.15, 0.2) is 72.3 Å². The highest BCUT2D eigenvalue weighted by Gasteiger charge is 2.67. The second-order valence-electron chi connectivity index (χ2n) is 13.9. The molecule has 2 aliphatic heterocycles. The van der Waals surface area contributed by atoms with Crippen LogP contribution in [0.4, 0.5) is 28.4 Å². The third-order valence-electron chi connectivity index (χ3n) is 11.1. The van der Waals surface area contributed by atoms with Crippen LogP contribution in [0, 0.1) is 49.3 Å². The maximum absolute atomic E-state index is 14.6. The van der Waals surface area contributed by atoms with E-state index in [0.29, 0.717) is 16.8 Å². The molecule has 3 fully saturated rings. The number of phenolic OH excluding ortho intramolecular Hbond substituents is 1. The number of allylic oxidation sites excluding steroid dienone is 2. The Bertz CT molecular complexity index is 2080. The largest absolute Gasteiger partial charge is 0.504 e. The lowest BCUT2D eigenvalue weighted by Crippen LogP contribution is -2.48. The Morgan fingerprint density at radius 3 is 2.13 bits per heavy atom. The Kier molecular flexibility index (Phi) is 8.11. The van der Waals surface area contributed by atoms with Crippen molar-refractivity contribution in [2.24, 2.45) is 29.1 Å². The minimum atomic E-state index is -1.34. The van der Waals surface area contributed by atoms with Crippen LogP contribution in [0.1, 0.15) is 38.2 Å². The number of rotatable bonds is 8. The van der Waals surface area contributed by atoms with Crippen molar-refractivity contribution in [2.75, 3.05) is 35.4 Å². The molecule has 7 rings (SSSR count). The fraction of sp³-hybridized carbons (Fsp3) is 0.351. The number of ether oxygens (including phenoxy) is 1. The molecule has 4 amide bonds. The molecule has 268 valence electrons. The average molecular weight is 710 g/mol. The molecular weight excluding hydrogens is 674 g/mol. The first-order chi connectivity index (χ1) is 24.7. The van der Waals surface area contributed by atoms with E-state index in [4.69, 9.17) is 4.74 Å². The molecule has 6 atom stereocenters. The van der Waals surface area contributed by atoms with E-state index in [1.165, 1.54) is 30.0 Å². The number of para-hydroxylation sites is 1. The lowest BCUT2D eigenvalue weighted by molar-refractivity contribution is -0.392. The Hall–Kier alpha value is -6.12. The molecule has 0 unspecified atom stereocenters. The summed E-state index contributed by atoms with van der Waals surface area (Å²) in [6, 6.07) is 15.3. The average Bonchev–Trinajstić information content (AvgIpc) is 3.48. The molecule has 15 heteroatoms. The maximum atomic E-state index is 14.6. The van der Waals surface area contributed by atoms with E-state index < -0.39 is 79.9 Å². The van der Waals surface area contributed by atoms with Crippen LogP contribution in [0.5, 0.6) is 11.5 Å². The molecule has 0 spiro atoms. The van der Waals surface area contributed by atoms with Gasteiger partial charge in [0.15, 0.2) is 17.2 Å². The topological polar surface area (TPSA) is 194 Å². The summed E-state index contributed by atoms with van der Waals surface area (Å²) < 4.78 is 5.69. The number of hydrogen-bond donors (Lipinski definition) is 1. The Morgan fingerprint density at radius 1 is 0.885 bits per heavy atom. The van der Waals surface area contributed by atoms with E-state index in [0.717, 1.165) is 17.0 Å². The molecule has 0 bridgehead atoms. The number of anilines is 3. The van der Waals surface area contributed by atoms with Gasteiger partial charge in [-0.1, -0.05) is 35.9 Å². The van der Waals surface area contributed by atoms with Crippen LogP contribution in [-0.2, 0) is 19.2 Å². The number of hydrogen-bond acceptors (Lipinski definition) is 11. The molecule has 15 nitrogen and oxygen atoms in total. The number of nitro groups is 2. The number of carbonyl (C=O) groups is 4. The Labute approximate surface area is 297 Å². The predicted octanol–water partition coefficient (Wildman–Crippen LogP) is 5.11. The Morgan fingerprint density at radius 2 is 1.54 bits per heavy atom. The van der Waals surface area contributed by atoms with Crippen molar-refractivity contribution < 1.29 is 38.9 Å². The standard InChI is InChI=1S/C37H35N5O10/c1-5-52-29-15-19(11-14-28(29)43)31-22-12-13-23-30(24(22)18-25-34(45)40(36(47)37(25,31)2)20-9-7-6-8-10-20)35(46)39(33(23)44)21-16-26(41(48)49)32(38(3)4)27(17-21)42(50)51/h6-12,14-17,23-25,30-31,43H,5,13,18H2,1-4H3/t23-,24+,25-,30-,31-,37+/m0/s1. The van der Waals surface area contributed by atoms with Crippen molar-refractivity contribution in [1.82, 2.24) is 0 Å². The van der Waals surface area contributed by atoms with E-state index in [1.54, 1.807) is 56.3 Å². The summed E-state index contributed by atoms with van der Waals surface area (Å²) >= 11 is 0. The Balaban J connectivity index is 1.37. The molecule has 1 N–H and O–H groups in total. The molecule has 2 heterocycles. The van der Waals surface area contributed by atoms with Crippen molar-refractivity contribution in [3.63, 3.8) is 0 Å². The molecule has 3 aromatic rings. The van der Waals surface area contributed by atoms with Gasteiger partial charge in [0.2, 0.25) is 23.6 Å². The van der Waals surface area contributed by atoms with E-state index >= 15 is 0 Å². The number of phenols is 1. The number of nitro benzene ring substituents is 2. The number of fused-ring (bicyclic) bond motifs is 4. The van der Waals surface area contributed by atoms with Crippen molar-refractivity contribution in [1.29, 1.82) is 0 Å². The first-order valence-electron chi connectivity index (χ1n) is 16.8. The van der Waals surface area contributed by atoms with E-state index in [-0.39, 0.29) is 42.3 Å². The second kappa shape index (κ2) is 12.3. The van der Waals surface area contributed by atoms with Crippen LogP contribution in [0.2, 0.25) is 0 Å². The highest BCUT2D eigenvalue weighted by Crippen LogP contribution is 2.64. The molecule has 0 radical (unpaired) electrons. The molecule has 1 saturated carbocycles. The molecule has 4 aliphatic rings. The van der Waals surface area contributed by atoms with Crippen molar-refractivity contribution in [3.05, 3.63) is 98.1 Å². The quantitative estimate of drug-likeness (QED) is 0.141. The van der Waals surface area contributed by atoms with Gasteiger partial charge in [0.05, 0.1) is 51.0 Å². The van der Waals surface area contributed by atoms with E-state index in [1.807, 2.05) is 6.08 Å². The van der Waals surface area contributed by atoms with Crippen LogP contribution < -0.4 is 19.4 Å². The monoisotopic (exact) mass is 709 g/mol. The maximum Gasteiger partial charge on any atom is 0.301 e. The predicted molar refractivity (Wildman–Crippen MR) is 187 cm³/mol. The third kappa shape index (κ3) is 4.86. The first-order valence-corrected chi connectivity index (χ1v) is 16.8. The van der Waals surface area contributed by atoms with Crippen LogP contribution in [0.25, 0.3) is 0 Å². The zero-order valence-corrected chi connectivity index (χ0v) is 28.7. The summed E-state index contributed by atoms with van der Waals surface area (Å²) in [5.74, 6) is -6.55. The van der Waals surface area contributed by atoms with Crippen LogP contribution in [0.3, 0.4) is 0 Å². The van der Waals surface area contributed by atoms with Crippen molar-refractivity contribution in [3.8, 4) is 11.5 Å². The summed E-state index contributed by atoms with van der Waals surface area (Å²) in [6.07, 6.45) is 1.97.